The van der Waals surface area contributed by atoms with E-state index in [0.29, 0.717) is 46.9 Å². The average molecular weight is 698 g/mol. The number of hydrogen-bond donors (Lipinski definition) is 0. The Balaban J connectivity index is 1.86. The fourth-order valence-electron chi connectivity index (χ4n) is 6.06. The average Bonchev–Trinajstić information content (AvgIpc) is 3.55. The summed E-state index contributed by atoms with van der Waals surface area (Å²) in [6.45, 7) is 8.26. The summed E-state index contributed by atoms with van der Waals surface area (Å²) < 4.78 is 12.0. The molecule has 0 bridgehead atoms. The molecule has 0 spiro atoms. The highest BCUT2D eigenvalue weighted by Crippen LogP contribution is 2.47. The molecule has 2 aromatic carbocycles. The Morgan fingerprint density at radius 2 is 0.854 bits per heavy atom. The second-order valence-corrected chi connectivity index (χ2v) is 13.2. The number of unbranched alkanes of at least 4 members (excludes halogenated alkanes) is 4. The maximum Gasteiger partial charge on any atom is 0.421 e. The number of halogens is 2. The number of rotatable bonds is 16. The number of amides is 4. The Kier molecular flexibility index (Phi) is 13.7. The number of nitrogens with zero attached hydrogens (tertiary/aromatic N) is 2. The number of hydrogen-bond acceptors (Lipinski definition) is 6. The summed E-state index contributed by atoms with van der Waals surface area (Å²) in [5.74, 6) is -1.52. The normalized spacial score (nSPS) is 14.6. The summed E-state index contributed by atoms with van der Waals surface area (Å²) in [6, 6.07) is 13.0. The second kappa shape index (κ2) is 17.7. The highest BCUT2D eigenvalue weighted by atomic mass is 35.5. The van der Waals surface area contributed by atoms with Gasteiger partial charge in [-0.05, 0) is 61.1 Å². The van der Waals surface area contributed by atoms with Gasteiger partial charge in [0, 0.05) is 10.0 Å². The maximum atomic E-state index is 14.5. The van der Waals surface area contributed by atoms with Gasteiger partial charge in [-0.2, -0.15) is 0 Å². The summed E-state index contributed by atoms with van der Waals surface area (Å²) in [4.78, 5) is 58.9. The summed E-state index contributed by atoms with van der Waals surface area (Å²) in [5.41, 5.74) is 0.743. The van der Waals surface area contributed by atoms with Crippen LogP contribution < -0.4 is 0 Å². The largest absolute Gasteiger partial charge is 0.446 e. The number of ether oxygens (including phenoxy) is 2. The van der Waals surface area contributed by atoms with Gasteiger partial charge in [0.05, 0.1) is 22.5 Å². The van der Waals surface area contributed by atoms with Gasteiger partial charge in [0.25, 0.3) is 11.8 Å². The number of carbonyl (C=O) groups excluding carboxylic acids is 4. The molecule has 10 heteroatoms. The van der Waals surface area contributed by atoms with Crippen molar-refractivity contribution in [3.8, 4) is 0 Å². The minimum absolute atomic E-state index is 0.0432. The van der Waals surface area contributed by atoms with E-state index >= 15 is 0 Å². The van der Waals surface area contributed by atoms with Crippen LogP contribution in [-0.2, 0) is 19.1 Å². The van der Waals surface area contributed by atoms with Gasteiger partial charge in [-0.3, -0.25) is 9.59 Å². The van der Waals surface area contributed by atoms with E-state index in [0.717, 1.165) is 61.2 Å². The Morgan fingerprint density at radius 3 is 1.12 bits per heavy atom. The van der Waals surface area contributed by atoms with Crippen molar-refractivity contribution in [3.05, 3.63) is 80.8 Å². The zero-order valence-corrected chi connectivity index (χ0v) is 29.9. The smallest absolute Gasteiger partial charge is 0.421 e. The van der Waals surface area contributed by atoms with Crippen LogP contribution in [0.4, 0.5) is 9.59 Å². The Hall–Kier alpha value is -3.62. The van der Waals surface area contributed by atoms with Crippen LogP contribution in [0.25, 0.3) is 11.4 Å². The Bertz CT molecular complexity index is 1400. The number of imide groups is 2. The van der Waals surface area contributed by atoms with Gasteiger partial charge in [-0.15, -0.1) is 0 Å². The van der Waals surface area contributed by atoms with Crippen LogP contribution in [0.5, 0.6) is 0 Å². The molecule has 0 aromatic heterocycles. The molecular weight excluding hydrogens is 651 g/mol. The van der Waals surface area contributed by atoms with Crippen LogP contribution in [0.1, 0.15) is 116 Å². The second-order valence-electron chi connectivity index (χ2n) is 12.3. The predicted molar refractivity (Wildman–Crippen MR) is 189 cm³/mol. The van der Waals surface area contributed by atoms with Crippen molar-refractivity contribution in [1.82, 2.24) is 9.80 Å². The first-order chi connectivity index (χ1) is 23.2. The molecule has 0 unspecified atom stereocenters. The number of fused-ring (bicyclic) bond motifs is 1. The van der Waals surface area contributed by atoms with E-state index in [-0.39, 0.29) is 22.5 Å². The van der Waals surface area contributed by atoms with Crippen LogP contribution >= 0.6 is 23.2 Å². The maximum absolute atomic E-state index is 14.5. The molecule has 258 valence electrons. The molecule has 2 aromatic rings. The number of benzene rings is 2. The Morgan fingerprint density at radius 1 is 0.562 bits per heavy atom. The van der Waals surface area contributed by atoms with Crippen LogP contribution in [0.15, 0.2) is 59.7 Å². The zero-order valence-electron chi connectivity index (χ0n) is 28.4. The molecule has 4 rings (SSSR count). The lowest BCUT2D eigenvalue weighted by molar-refractivity contribution is -0.123. The van der Waals surface area contributed by atoms with Crippen LogP contribution in [0, 0.1) is 0 Å². The first-order valence-corrected chi connectivity index (χ1v) is 18.0. The molecule has 0 saturated carbocycles. The van der Waals surface area contributed by atoms with Gasteiger partial charge in [0.2, 0.25) is 0 Å². The van der Waals surface area contributed by atoms with Gasteiger partial charge in [0.1, 0.15) is 12.2 Å². The predicted octanol–water partition coefficient (Wildman–Crippen LogP) is 10.6. The SMILES string of the molecule is CCCCC(CCCC)OC(=O)N1C(=O)C2=C(c3ccc(Cl)cc3)N(C(=O)OC(CCCC)CCCC)C(=O)C2=C1c1ccc(Cl)cc1. The van der Waals surface area contributed by atoms with Crippen molar-refractivity contribution in [2.75, 3.05) is 0 Å². The molecule has 0 atom stereocenters. The van der Waals surface area contributed by atoms with Crippen molar-refractivity contribution in [2.45, 2.75) is 117 Å². The molecule has 2 heterocycles. The molecular formula is C38H46Cl2N2O6. The molecule has 0 saturated heterocycles. The van der Waals surface area contributed by atoms with E-state index < -0.39 is 36.2 Å². The van der Waals surface area contributed by atoms with Gasteiger partial charge in [0.15, 0.2) is 0 Å². The monoisotopic (exact) mass is 696 g/mol. The summed E-state index contributed by atoms with van der Waals surface area (Å²) in [6.07, 6.45) is 7.27. The third-order valence-corrected chi connectivity index (χ3v) is 9.16. The molecule has 2 aliphatic rings. The minimum atomic E-state index is -0.867. The standard InChI is InChI=1S/C38H46Cl2N2O6/c1-5-9-13-29(14-10-6-2)47-37(45)41-33(25-17-21-27(39)22-18-25)31-32(35(41)43)34(26-19-23-28(40)24-20-26)42(36(31)44)38(46)48-30(15-11-7-3)16-12-8-4/h17-24,29-30H,5-16H2,1-4H3. The van der Waals surface area contributed by atoms with E-state index in [1.165, 1.54) is 0 Å². The third-order valence-electron chi connectivity index (χ3n) is 8.66. The lowest BCUT2D eigenvalue weighted by Crippen LogP contribution is -2.38. The van der Waals surface area contributed by atoms with Crippen LogP contribution in [-0.4, -0.2) is 46.0 Å². The molecule has 2 aliphatic heterocycles. The molecule has 0 aliphatic carbocycles. The molecule has 8 nitrogen and oxygen atoms in total. The Labute approximate surface area is 294 Å². The van der Waals surface area contributed by atoms with Crippen molar-refractivity contribution < 1.29 is 28.7 Å². The summed E-state index contributed by atoms with van der Waals surface area (Å²) in [7, 11) is 0. The molecule has 48 heavy (non-hydrogen) atoms. The lowest BCUT2D eigenvalue weighted by Gasteiger charge is -2.26. The van der Waals surface area contributed by atoms with Crippen molar-refractivity contribution in [3.63, 3.8) is 0 Å². The molecule has 0 fully saturated rings. The van der Waals surface area contributed by atoms with E-state index in [9.17, 15) is 19.2 Å². The summed E-state index contributed by atoms with van der Waals surface area (Å²) >= 11 is 12.4. The van der Waals surface area contributed by atoms with Crippen molar-refractivity contribution in [1.29, 1.82) is 0 Å². The van der Waals surface area contributed by atoms with Gasteiger partial charge in [-0.1, -0.05) is 127 Å². The van der Waals surface area contributed by atoms with E-state index in [2.05, 4.69) is 27.7 Å². The van der Waals surface area contributed by atoms with Crippen LogP contribution in [0.2, 0.25) is 10.0 Å². The van der Waals surface area contributed by atoms with E-state index in [4.69, 9.17) is 32.7 Å². The van der Waals surface area contributed by atoms with Gasteiger partial charge in [-0.25, -0.2) is 19.4 Å². The molecule has 4 amide bonds. The minimum Gasteiger partial charge on any atom is -0.446 e. The fraction of sp³-hybridized carbons (Fsp3) is 0.474. The first kappa shape index (κ1) is 37.2. The number of carbonyl (C=O) groups is 4. The van der Waals surface area contributed by atoms with E-state index in [1.807, 2.05) is 0 Å². The zero-order chi connectivity index (χ0) is 34.8. The molecule has 0 radical (unpaired) electrons. The third kappa shape index (κ3) is 8.50. The quantitative estimate of drug-likeness (QED) is 0.173. The highest BCUT2D eigenvalue weighted by Gasteiger charge is 2.53. The highest BCUT2D eigenvalue weighted by molar-refractivity contribution is 6.36. The first-order valence-electron chi connectivity index (χ1n) is 17.3. The fourth-order valence-corrected chi connectivity index (χ4v) is 6.31. The summed E-state index contributed by atoms with van der Waals surface area (Å²) in [5, 5.41) is 0.875. The van der Waals surface area contributed by atoms with Crippen LogP contribution in [0.3, 0.4) is 0 Å². The van der Waals surface area contributed by atoms with Gasteiger partial charge < -0.3 is 9.47 Å². The topological polar surface area (TPSA) is 93.2 Å². The van der Waals surface area contributed by atoms with Gasteiger partial charge >= 0.3 is 12.2 Å². The van der Waals surface area contributed by atoms with E-state index in [1.54, 1.807) is 48.5 Å². The van der Waals surface area contributed by atoms with Crippen molar-refractivity contribution in [2.24, 2.45) is 0 Å². The lowest BCUT2D eigenvalue weighted by atomic mass is 10.0. The van der Waals surface area contributed by atoms with Crippen molar-refractivity contribution >= 4 is 58.6 Å². The molecule has 0 N–H and O–H groups in total.